The van der Waals surface area contributed by atoms with Gasteiger partial charge in [0.15, 0.2) is 0 Å². The highest BCUT2D eigenvalue weighted by molar-refractivity contribution is 5.98. The van der Waals surface area contributed by atoms with E-state index >= 15 is 0 Å². The van der Waals surface area contributed by atoms with Crippen LogP contribution in [0.3, 0.4) is 0 Å². The average Bonchev–Trinajstić information content (AvgIpc) is 2.71. The van der Waals surface area contributed by atoms with Crippen LogP contribution in [0.1, 0.15) is 21.5 Å². The quantitative estimate of drug-likeness (QED) is 0.685. The molecule has 0 bridgehead atoms. The van der Waals surface area contributed by atoms with Crippen molar-refractivity contribution in [3.63, 3.8) is 0 Å². The van der Waals surface area contributed by atoms with Crippen LogP contribution in [-0.4, -0.2) is 17.9 Å². The highest BCUT2D eigenvalue weighted by Crippen LogP contribution is 2.21. The Morgan fingerprint density at radius 2 is 1.77 bits per heavy atom. The number of amides is 1. The van der Waals surface area contributed by atoms with Gasteiger partial charge in [0.1, 0.15) is 18.2 Å². The van der Waals surface area contributed by atoms with E-state index in [0.717, 1.165) is 16.9 Å². The standard InChI is InChI=1S/C21H21N3O2/c1-22-21(25)18-11-7-13-23-20(18)24-14-17-10-5-6-12-19(17)26-15-16-8-3-2-4-9-16/h2-13H,14-15H2,1H3,(H,22,25)(H,23,24). The molecule has 0 fully saturated rings. The largest absolute Gasteiger partial charge is 0.489 e. The molecule has 0 atom stereocenters. The van der Waals surface area contributed by atoms with Crippen molar-refractivity contribution >= 4 is 11.7 Å². The molecule has 3 aromatic rings. The van der Waals surface area contributed by atoms with E-state index in [1.54, 1.807) is 25.4 Å². The number of anilines is 1. The van der Waals surface area contributed by atoms with Gasteiger partial charge in [-0.15, -0.1) is 0 Å². The summed E-state index contributed by atoms with van der Waals surface area (Å²) in [5, 5.41) is 5.86. The summed E-state index contributed by atoms with van der Waals surface area (Å²) >= 11 is 0. The van der Waals surface area contributed by atoms with Gasteiger partial charge in [0.2, 0.25) is 0 Å². The first-order valence-electron chi connectivity index (χ1n) is 8.43. The number of hydrogen-bond acceptors (Lipinski definition) is 4. The summed E-state index contributed by atoms with van der Waals surface area (Å²) in [5.41, 5.74) is 2.62. The second-order valence-electron chi connectivity index (χ2n) is 5.71. The van der Waals surface area contributed by atoms with Crippen LogP contribution in [-0.2, 0) is 13.2 Å². The van der Waals surface area contributed by atoms with Crippen molar-refractivity contribution in [3.05, 3.63) is 89.6 Å². The van der Waals surface area contributed by atoms with Crippen LogP contribution in [0.25, 0.3) is 0 Å². The summed E-state index contributed by atoms with van der Waals surface area (Å²) in [5.74, 6) is 1.18. The molecule has 0 aliphatic heterocycles. The van der Waals surface area contributed by atoms with Crippen molar-refractivity contribution in [1.82, 2.24) is 10.3 Å². The first-order chi connectivity index (χ1) is 12.8. The van der Waals surface area contributed by atoms with Crippen LogP contribution < -0.4 is 15.4 Å². The van der Waals surface area contributed by atoms with Crippen LogP contribution in [0.15, 0.2) is 72.9 Å². The molecule has 26 heavy (non-hydrogen) atoms. The Kier molecular flexibility index (Phi) is 5.83. The summed E-state index contributed by atoms with van der Waals surface area (Å²) in [4.78, 5) is 16.2. The van der Waals surface area contributed by atoms with Crippen LogP contribution >= 0.6 is 0 Å². The van der Waals surface area contributed by atoms with Crippen LogP contribution in [0.5, 0.6) is 5.75 Å². The third-order valence-corrected chi connectivity index (χ3v) is 3.94. The molecule has 1 aromatic heterocycles. The minimum Gasteiger partial charge on any atom is -0.489 e. The molecule has 2 N–H and O–H groups in total. The Hall–Kier alpha value is -3.34. The molecule has 5 heteroatoms. The minimum absolute atomic E-state index is 0.172. The van der Waals surface area contributed by atoms with Gasteiger partial charge >= 0.3 is 0 Å². The van der Waals surface area contributed by atoms with Crippen molar-refractivity contribution in [2.45, 2.75) is 13.2 Å². The van der Waals surface area contributed by atoms with Gasteiger partial charge in [-0.1, -0.05) is 48.5 Å². The zero-order valence-electron chi connectivity index (χ0n) is 14.6. The van der Waals surface area contributed by atoms with E-state index in [2.05, 4.69) is 15.6 Å². The Balaban J connectivity index is 1.70. The molecule has 0 spiro atoms. The fourth-order valence-corrected chi connectivity index (χ4v) is 2.57. The van der Waals surface area contributed by atoms with Gasteiger partial charge in [-0.2, -0.15) is 0 Å². The van der Waals surface area contributed by atoms with E-state index in [-0.39, 0.29) is 5.91 Å². The Labute approximate surface area is 153 Å². The van der Waals surface area contributed by atoms with Gasteiger partial charge < -0.3 is 15.4 Å². The summed E-state index contributed by atoms with van der Waals surface area (Å²) in [6.45, 7) is 1.01. The molecule has 0 radical (unpaired) electrons. The molecule has 1 amide bonds. The van der Waals surface area contributed by atoms with Crippen LogP contribution in [0.2, 0.25) is 0 Å². The van der Waals surface area contributed by atoms with E-state index in [0.29, 0.717) is 24.5 Å². The first-order valence-corrected chi connectivity index (χ1v) is 8.43. The van der Waals surface area contributed by atoms with Gasteiger partial charge in [0.25, 0.3) is 5.91 Å². The van der Waals surface area contributed by atoms with Gasteiger partial charge in [-0.3, -0.25) is 4.79 Å². The molecule has 2 aromatic carbocycles. The lowest BCUT2D eigenvalue weighted by molar-refractivity contribution is 0.0963. The second-order valence-corrected chi connectivity index (χ2v) is 5.71. The number of hydrogen-bond donors (Lipinski definition) is 2. The van der Waals surface area contributed by atoms with Crippen LogP contribution in [0.4, 0.5) is 5.82 Å². The number of pyridine rings is 1. The number of nitrogens with zero attached hydrogens (tertiary/aromatic N) is 1. The number of aromatic nitrogens is 1. The zero-order chi connectivity index (χ0) is 18.2. The topological polar surface area (TPSA) is 63.2 Å². The summed E-state index contributed by atoms with van der Waals surface area (Å²) in [6, 6.07) is 21.4. The highest BCUT2D eigenvalue weighted by Gasteiger charge is 2.11. The maximum absolute atomic E-state index is 12.0. The molecule has 0 saturated heterocycles. The van der Waals surface area contributed by atoms with Crippen LogP contribution in [0, 0.1) is 0 Å². The van der Waals surface area contributed by atoms with Crippen molar-refractivity contribution in [2.24, 2.45) is 0 Å². The number of ether oxygens (including phenoxy) is 1. The van der Waals surface area contributed by atoms with Crippen molar-refractivity contribution in [3.8, 4) is 5.75 Å². The third kappa shape index (κ3) is 4.39. The molecule has 5 nitrogen and oxygen atoms in total. The van der Waals surface area contributed by atoms with E-state index in [9.17, 15) is 4.79 Å². The molecule has 3 rings (SSSR count). The maximum Gasteiger partial charge on any atom is 0.254 e. The molecule has 0 aliphatic rings. The second kappa shape index (κ2) is 8.67. The van der Waals surface area contributed by atoms with Crippen molar-refractivity contribution in [1.29, 1.82) is 0 Å². The molecule has 132 valence electrons. The minimum atomic E-state index is -0.172. The highest BCUT2D eigenvalue weighted by atomic mass is 16.5. The van der Waals surface area contributed by atoms with E-state index in [4.69, 9.17) is 4.74 Å². The monoisotopic (exact) mass is 347 g/mol. The molecule has 0 unspecified atom stereocenters. The Bertz CT molecular complexity index is 866. The fraction of sp³-hybridized carbons (Fsp3) is 0.143. The van der Waals surface area contributed by atoms with Gasteiger partial charge in [0, 0.05) is 25.4 Å². The maximum atomic E-state index is 12.0. The van der Waals surface area contributed by atoms with Crippen molar-refractivity contribution < 1.29 is 9.53 Å². The van der Waals surface area contributed by atoms with Crippen molar-refractivity contribution in [2.75, 3.05) is 12.4 Å². The lowest BCUT2D eigenvalue weighted by Crippen LogP contribution is -2.20. The Morgan fingerprint density at radius 1 is 1.00 bits per heavy atom. The van der Waals surface area contributed by atoms with E-state index < -0.39 is 0 Å². The number of benzene rings is 2. The predicted octanol–water partition coefficient (Wildman–Crippen LogP) is 3.63. The fourth-order valence-electron chi connectivity index (χ4n) is 2.57. The lowest BCUT2D eigenvalue weighted by atomic mass is 10.2. The molecule has 1 heterocycles. The Morgan fingerprint density at radius 3 is 2.58 bits per heavy atom. The predicted molar refractivity (Wildman–Crippen MR) is 102 cm³/mol. The summed E-state index contributed by atoms with van der Waals surface area (Å²) in [7, 11) is 1.60. The van der Waals surface area contributed by atoms with E-state index in [1.165, 1.54) is 0 Å². The molecule has 0 aliphatic carbocycles. The number of carbonyl (C=O) groups is 1. The zero-order valence-corrected chi connectivity index (χ0v) is 14.6. The van der Waals surface area contributed by atoms with E-state index in [1.807, 2.05) is 54.6 Å². The average molecular weight is 347 g/mol. The summed E-state index contributed by atoms with van der Waals surface area (Å²) < 4.78 is 5.97. The summed E-state index contributed by atoms with van der Waals surface area (Å²) in [6.07, 6.45) is 1.66. The number of nitrogens with one attached hydrogen (secondary N) is 2. The molecular weight excluding hydrogens is 326 g/mol. The van der Waals surface area contributed by atoms with Gasteiger partial charge in [0.05, 0.1) is 5.56 Å². The number of para-hydroxylation sites is 1. The molecule has 0 saturated carbocycles. The molecular formula is C21H21N3O2. The normalized spacial score (nSPS) is 10.2. The van der Waals surface area contributed by atoms with Gasteiger partial charge in [-0.05, 0) is 23.8 Å². The number of carbonyl (C=O) groups excluding carboxylic acids is 1. The lowest BCUT2D eigenvalue weighted by Gasteiger charge is -2.14. The van der Waals surface area contributed by atoms with Gasteiger partial charge in [-0.25, -0.2) is 4.98 Å². The SMILES string of the molecule is CNC(=O)c1cccnc1NCc1ccccc1OCc1ccccc1. The first kappa shape index (κ1) is 17.5. The smallest absolute Gasteiger partial charge is 0.254 e. The number of rotatable bonds is 7. The third-order valence-electron chi connectivity index (χ3n) is 3.94.